The Morgan fingerprint density at radius 1 is 1.44 bits per heavy atom. The van der Waals surface area contributed by atoms with Crippen molar-refractivity contribution in [3.8, 4) is 11.5 Å². The zero-order valence-electron chi connectivity index (χ0n) is 8.31. The standard InChI is InChI=1S/C10H7BrN2O3/c1-6-5-12-10(16-6)7-2-8(11)4-9(3-7)13(14)15/h2-5H,1H3. The summed E-state index contributed by atoms with van der Waals surface area (Å²) in [6.45, 7) is 1.77. The van der Waals surface area contributed by atoms with E-state index in [0.717, 1.165) is 0 Å². The molecule has 6 heteroatoms. The highest BCUT2D eigenvalue weighted by molar-refractivity contribution is 9.10. The summed E-state index contributed by atoms with van der Waals surface area (Å²) in [7, 11) is 0. The maximum Gasteiger partial charge on any atom is 0.271 e. The van der Waals surface area contributed by atoms with Gasteiger partial charge in [0.05, 0.1) is 11.1 Å². The molecule has 0 unspecified atom stereocenters. The van der Waals surface area contributed by atoms with E-state index in [9.17, 15) is 10.1 Å². The fraction of sp³-hybridized carbons (Fsp3) is 0.100. The normalized spacial score (nSPS) is 10.4. The van der Waals surface area contributed by atoms with Gasteiger partial charge in [0.15, 0.2) is 0 Å². The van der Waals surface area contributed by atoms with Gasteiger partial charge >= 0.3 is 0 Å². The molecule has 0 aliphatic heterocycles. The molecule has 0 saturated carbocycles. The largest absolute Gasteiger partial charge is 0.441 e. The van der Waals surface area contributed by atoms with Crippen LogP contribution in [0.1, 0.15) is 5.76 Å². The molecule has 2 aromatic rings. The highest BCUT2D eigenvalue weighted by Gasteiger charge is 2.12. The first-order valence-corrected chi connectivity index (χ1v) is 5.23. The minimum Gasteiger partial charge on any atom is -0.441 e. The summed E-state index contributed by atoms with van der Waals surface area (Å²) < 4.78 is 5.92. The number of rotatable bonds is 2. The fourth-order valence-electron chi connectivity index (χ4n) is 1.29. The summed E-state index contributed by atoms with van der Waals surface area (Å²) in [5.41, 5.74) is 0.578. The molecule has 0 amide bonds. The van der Waals surface area contributed by atoms with Crippen LogP contribution in [0.4, 0.5) is 5.69 Å². The van der Waals surface area contributed by atoms with Crippen LogP contribution in [0.15, 0.2) is 33.3 Å². The minimum atomic E-state index is -0.454. The Morgan fingerprint density at radius 3 is 2.75 bits per heavy atom. The van der Waals surface area contributed by atoms with Crippen LogP contribution in [0.3, 0.4) is 0 Å². The first kappa shape index (κ1) is 10.8. The molecule has 5 nitrogen and oxygen atoms in total. The van der Waals surface area contributed by atoms with Crippen molar-refractivity contribution in [1.29, 1.82) is 0 Å². The van der Waals surface area contributed by atoms with Gasteiger partial charge in [-0.15, -0.1) is 0 Å². The third-order valence-corrected chi connectivity index (χ3v) is 2.42. The van der Waals surface area contributed by atoms with E-state index >= 15 is 0 Å². The molecule has 16 heavy (non-hydrogen) atoms. The van der Waals surface area contributed by atoms with Crippen molar-refractivity contribution in [3.05, 3.63) is 44.7 Å². The lowest BCUT2D eigenvalue weighted by Crippen LogP contribution is -1.89. The summed E-state index contributed by atoms with van der Waals surface area (Å²) >= 11 is 3.21. The summed E-state index contributed by atoms with van der Waals surface area (Å²) in [4.78, 5) is 14.2. The van der Waals surface area contributed by atoms with Gasteiger partial charge in [-0.25, -0.2) is 4.98 Å². The molecule has 0 radical (unpaired) electrons. The third-order valence-electron chi connectivity index (χ3n) is 1.96. The quantitative estimate of drug-likeness (QED) is 0.626. The van der Waals surface area contributed by atoms with Gasteiger partial charge in [0, 0.05) is 22.2 Å². The number of benzene rings is 1. The summed E-state index contributed by atoms with van der Waals surface area (Å²) in [6.07, 6.45) is 1.57. The molecule has 0 aliphatic rings. The molecule has 0 saturated heterocycles. The van der Waals surface area contributed by atoms with Gasteiger partial charge in [-0.05, 0) is 13.0 Å². The van der Waals surface area contributed by atoms with Crippen LogP contribution in [0.2, 0.25) is 0 Å². The second-order valence-corrected chi connectivity index (χ2v) is 4.15. The van der Waals surface area contributed by atoms with Crippen molar-refractivity contribution in [2.45, 2.75) is 6.92 Å². The van der Waals surface area contributed by atoms with E-state index < -0.39 is 4.92 Å². The summed E-state index contributed by atoms with van der Waals surface area (Å²) in [5.74, 6) is 1.04. The number of nitro benzene ring substituents is 1. The highest BCUT2D eigenvalue weighted by Crippen LogP contribution is 2.28. The Bertz CT molecular complexity index is 551. The molecule has 0 spiro atoms. The monoisotopic (exact) mass is 282 g/mol. The van der Waals surface area contributed by atoms with Crippen molar-refractivity contribution < 1.29 is 9.34 Å². The Hall–Kier alpha value is -1.69. The minimum absolute atomic E-state index is 0.000211. The SMILES string of the molecule is Cc1cnc(-c2cc(Br)cc([N+](=O)[O-])c2)o1. The number of aromatic nitrogens is 1. The van der Waals surface area contributed by atoms with Gasteiger partial charge in [0.25, 0.3) is 5.69 Å². The Kier molecular flexibility index (Phi) is 2.74. The average molecular weight is 283 g/mol. The van der Waals surface area contributed by atoms with Gasteiger partial charge in [0.2, 0.25) is 5.89 Å². The first-order valence-electron chi connectivity index (χ1n) is 4.44. The lowest BCUT2D eigenvalue weighted by Gasteiger charge is -1.98. The van der Waals surface area contributed by atoms with Gasteiger partial charge in [0.1, 0.15) is 5.76 Å². The van der Waals surface area contributed by atoms with Crippen molar-refractivity contribution in [1.82, 2.24) is 4.98 Å². The van der Waals surface area contributed by atoms with Gasteiger partial charge in [-0.2, -0.15) is 0 Å². The second-order valence-electron chi connectivity index (χ2n) is 3.23. The molecule has 0 N–H and O–H groups in total. The number of hydrogen-bond donors (Lipinski definition) is 0. The lowest BCUT2D eigenvalue weighted by molar-refractivity contribution is -0.384. The van der Waals surface area contributed by atoms with E-state index in [2.05, 4.69) is 20.9 Å². The molecule has 2 rings (SSSR count). The molecular formula is C10H7BrN2O3. The maximum absolute atomic E-state index is 10.7. The van der Waals surface area contributed by atoms with Gasteiger partial charge in [-0.3, -0.25) is 10.1 Å². The van der Waals surface area contributed by atoms with E-state index in [1.807, 2.05) is 0 Å². The lowest BCUT2D eigenvalue weighted by atomic mass is 10.2. The number of halogens is 1. The number of hydrogen-bond acceptors (Lipinski definition) is 4. The molecule has 1 aromatic heterocycles. The maximum atomic E-state index is 10.7. The molecule has 0 bridgehead atoms. The van der Waals surface area contributed by atoms with Gasteiger partial charge < -0.3 is 4.42 Å². The van der Waals surface area contributed by atoms with E-state index in [4.69, 9.17) is 4.42 Å². The van der Waals surface area contributed by atoms with Crippen LogP contribution >= 0.6 is 15.9 Å². The topological polar surface area (TPSA) is 69.2 Å². The zero-order valence-corrected chi connectivity index (χ0v) is 9.89. The molecule has 1 aromatic carbocycles. The van der Waals surface area contributed by atoms with Gasteiger partial charge in [-0.1, -0.05) is 15.9 Å². The Labute approximate surface area is 99.4 Å². The van der Waals surface area contributed by atoms with Crippen LogP contribution in [0.5, 0.6) is 0 Å². The van der Waals surface area contributed by atoms with E-state index in [1.165, 1.54) is 12.1 Å². The van der Waals surface area contributed by atoms with E-state index in [-0.39, 0.29) is 5.69 Å². The van der Waals surface area contributed by atoms with Crippen molar-refractivity contribution in [2.24, 2.45) is 0 Å². The Balaban J connectivity index is 2.53. The predicted molar refractivity (Wildman–Crippen MR) is 61.0 cm³/mol. The molecule has 0 fully saturated rings. The highest BCUT2D eigenvalue weighted by atomic mass is 79.9. The van der Waals surface area contributed by atoms with E-state index in [1.54, 1.807) is 19.2 Å². The van der Waals surface area contributed by atoms with E-state index in [0.29, 0.717) is 21.7 Å². The van der Waals surface area contributed by atoms with Crippen LogP contribution in [0, 0.1) is 17.0 Å². The summed E-state index contributed by atoms with van der Waals surface area (Å²) in [5, 5.41) is 10.7. The summed E-state index contributed by atoms with van der Waals surface area (Å²) in [6, 6.07) is 4.58. The molecule has 1 heterocycles. The third kappa shape index (κ3) is 2.11. The number of non-ortho nitro benzene ring substituents is 1. The van der Waals surface area contributed by atoms with Crippen molar-refractivity contribution in [2.75, 3.05) is 0 Å². The van der Waals surface area contributed by atoms with Crippen LogP contribution < -0.4 is 0 Å². The molecule has 0 atom stereocenters. The molecule has 0 aliphatic carbocycles. The number of nitro groups is 1. The first-order chi connectivity index (χ1) is 7.56. The van der Waals surface area contributed by atoms with Crippen LogP contribution in [-0.4, -0.2) is 9.91 Å². The second kappa shape index (κ2) is 4.05. The van der Waals surface area contributed by atoms with Crippen LogP contribution in [0.25, 0.3) is 11.5 Å². The van der Waals surface area contributed by atoms with Crippen LogP contribution in [-0.2, 0) is 0 Å². The number of oxazole rings is 1. The fourth-order valence-corrected chi connectivity index (χ4v) is 1.77. The van der Waals surface area contributed by atoms with Crippen molar-refractivity contribution in [3.63, 3.8) is 0 Å². The molecule has 82 valence electrons. The van der Waals surface area contributed by atoms with Crippen molar-refractivity contribution >= 4 is 21.6 Å². The number of aryl methyl sites for hydroxylation is 1. The Morgan fingerprint density at radius 2 is 2.19 bits per heavy atom. The number of nitrogens with zero attached hydrogens (tertiary/aromatic N) is 2. The molecular weight excluding hydrogens is 276 g/mol. The zero-order chi connectivity index (χ0) is 11.7. The average Bonchev–Trinajstić information content (AvgIpc) is 2.64. The predicted octanol–water partition coefficient (Wildman–Crippen LogP) is 3.32. The smallest absolute Gasteiger partial charge is 0.271 e.